The van der Waals surface area contributed by atoms with E-state index >= 15 is 0 Å². The van der Waals surface area contributed by atoms with E-state index in [4.69, 9.17) is 0 Å². The van der Waals surface area contributed by atoms with Crippen LogP contribution in [0.2, 0.25) is 0 Å². The monoisotopic (exact) mass is 820 g/mol. The van der Waals surface area contributed by atoms with Crippen LogP contribution in [0.4, 0.5) is 47.3 Å². The van der Waals surface area contributed by atoms with Crippen molar-refractivity contribution in [2.45, 2.75) is 58.5 Å². The van der Waals surface area contributed by atoms with Gasteiger partial charge in [0.2, 0.25) is 0 Å². The molecule has 310 valence electrons. The van der Waals surface area contributed by atoms with Crippen molar-refractivity contribution in [2.75, 3.05) is 9.80 Å². The summed E-state index contributed by atoms with van der Waals surface area (Å²) in [6.07, 6.45) is -4.50. The Morgan fingerprint density at radius 2 is 0.613 bits per heavy atom. The molecule has 0 aliphatic rings. The number of halogens is 3. The van der Waals surface area contributed by atoms with Crippen LogP contribution in [0.15, 0.2) is 200 Å². The highest BCUT2D eigenvalue weighted by Crippen LogP contribution is 2.45. The Labute approximate surface area is 364 Å². The standard InChI is InChI=1S/C57H51F3N2/c1-55(2,3)46-24-32-51(33-25-46)61(49-28-20-42(21-29-49)40-14-9-7-10-15-40)53-37-45(44-18-13-19-48(36-44)57(58,59)60)38-54(39-53)62(52-34-26-47(27-35-52)56(4,5)6)50-30-22-43(23-31-50)41-16-11-8-12-17-41/h7-39H,1-6H3. The summed E-state index contributed by atoms with van der Waals surface area (Å²) in [5.41, 5.74) is 12.3. The van der Waals surface area contributed by atoms with E-state index in [1.807, 2.05) is 48.5 Å². The third-order valence-corrected chi connectivity index (χ3v) is 11.4. The van der Waals surface area contributed by atoms with Gasteiger partial charge in [-0.1, -0.05) is 163 Å². The zero-order chi connectivity index (χ0) is 43.6. The highest BCUT2D eigenvalue weighted by atomic mass is 19.4. The first kappa shape index (κ1) is 41.9. The summed E-state index contributed by atoms with van der Waals surface area (Å²) in [6, 6.07) is 66.4. The van der Waals surface area contributed by atoms with Crippen LogP contribution in [0.1, 0.15) is 58.2 Å². The predicted octanol–water partition coefficient (Wildman–Crippen LogP) is 17.2. The molecule has 0 radical (unpaired) electrons. The van der Waals surface area contributed by atoms with Gasteiger partial charge in [0.25, 0.3) is 0 Å². The summed E-state index contributed by atoms with van der Waals surface area (Å²) in [6.45, 7) is 13.2. The summed E-state index contributed by atoms with van der Waals surface area (Å²) in [4.78, 5) is 4.39. The lowest BCUT2D eigenvalue weighted by molar-refractivity contribution is -0.137. The molecule has 62 heavy (non-hydrogen) atoms. The quantitative estimate of drug-likeness (QED) is 0.143. The van der Waals surface area contributed by atoms with Crippen molar-refractivity contribution >= 4 is 34.1 Å². The largest absolute Gasteiger partial charge is 0.416 e. The molecule has 8 aromatic carbocycles. The highest BCUT2D eigenvalue weighted by molar-refractivity contribution is 5.88. The van der Waals surface area contributed by atoms with Gasteiger partial charge in [-0.05, 0) is 134 Å². The van der Waals surface area contributed by atoms with Crippen LogP contribution < -0.4 is 9.80 Å². The van der Waals surface area contributed by atoms with Crippen molar-refractivity contribution < 1.29 is 13.2 Å². The van der Waals surface area contributed by atoms with E-state index in [2.05, 4.69) is 179 Å². The number of alkyl halides is 3. The Hall–Kier alpha value is -6.85. The lowest BCUT2D eigenvalue weighted by Gasteiger charge is -2.31. The Balaban J connectivity index is 1.37. The Bertz CT molecular complexity index is 2580. The molecule has 0 aromatic heterocycles. The lowest BCUT2D eigenvalue weighted by Crippen LogP contribution is -2.15. The van der Waals surface area contributed by atoms with Crippen molar-refractivity contribution in [2.24, 2.45) is 0 Å². The predicted molar refractivity (Wildman–Crippen MR) is 255 cm³/mol. The van der Waals surface area contributed by atoms with Gasteiger partial charge in [0.1, 0.15) is 0 Å². The molecule has 0 unspecified atom stereocenters. The number of benzene rings is 8. The summed E-state index contributed by atoms with van der Waals surface area (Å²) in [5, 5.41) is 0. The normalized spacial score (nSPS) is 12.0. The second-order valence-electron chi connectivity index (χ2n) is 17.9. The summed E-state index contributed by atoms with van der Waals surface area (Å²) < 4.78 is 42.9. The van der Waals surface area contributed by atoms with Gasteiger partial charge in [-0.15, -0.1) is 0 Å². The molecule has 0 bridgehead atoms. The minimum Gasteiger partial charge on any atom is -0.310 e. The molecule has 0 spiro atoms. The molecule has 0 saturated heterocycles. The van der Waals surface area contributed by atoms with E-state index in [1.54, 1.807) is 6.07 Å². The number of anilines is 6. The van der Waals surface area contributed by atoms with Gasteiger partial charge in [-0.25, -0.2) is 0 Å². The van der Waals surface area contributed by atoms with Crippen LogP contribution in [0.5, 0.6) is 0 Å². The van der Waals surface area contributed by atoms with Crippen LogP contribution in [-0.2, 0) is 17.0 Å². The molecule has 2 nitrogen and oxygen atoms in total. The highest BCUT2D eigenvalue weighted by Gasteiger charge is 2.31. The van der Waals surface area contributed by atoms with Crippen molar-refractivity contribution in [1.29, 1.82) is 0 Å². The van der Waals surface area contributed by atoms with Crippen LogP contribution in [-0.4, -0.2) is 0 Å². The van der Waals surface area contributed by atoms with Crippen LogP contribution in [0.3, 0.4) is 0 Å². The van der Waals surface area contributed by atoms with Crippen molar-refractivity contribution in [3.8, 4) is 33.4 Å². The molecule has 0 aliphatic heterocycles. The molecule has 0 amide bonds. The minimum atomic E-state index is -4.50. The number of nitrogens with zero attached hydrogens (tertiary/aromatic N) is 2. The molecular weight excluding hydrogens is 770 g/mol. The summed E-state index contributed by atoms with van der Waals surface area (Å²) in [5.74, 6) is 0. The number of rotatable bonds is 9. The minimum absolute atomic E-state index is 0.0591. The average molecular weight is 821 g/mol. The van der Waals surface area contributed by atoms with Crippen molar-refractivity contribution in [3.63, 3.8) is 0 Å². The smallest absolute Gasteiger partial charge is 0.310 e. The molecule has 0 heterocycles. The summed E-state index contributed by atoms with van der Waals surface area (Å²) >= 11 is 0. The van der Waals surface area contributed by atoms with Crippen LogP contribution >= 0.6 is 0 Å². The molecule has 0 atom stereocenters. The topological polar surface area (TPSA) is 6.48 Å². The van der Waals surface area contributed by atoms with Gasteiger partial charge in [-0.3, -0.25) is 0 Å². The van der Waals surface area contributed by atoms with Crippen LogP contribution in [0.25, 0.3) is 33.4 Å². The van der Waals surface area contributed by atoms with Crippen molar-refractivity contribution in [1.82, 2.24) is 0 Å². The zero-order valence-electron chi connectivity index (χ0n) is 36.1. The molecule has 5 heteroatoms. The first-order valence-corrected chi connectivity index (χ1v) is 21.1. The van der Waals surface area contributed by atoms with Gasteiger partial charge in [0.05, 0.1) is 5.56 Å². The average Bonchev–Trinajstić information content (AvgIpc) is 3.27. The molecule has 0 N–H and O–H groups in total. The number of hydrogen-bond acceptors (Lipinski definition) is 2. The molecule has 0 fully saturated rings. The lowest BCUT2D eigenvalue weighted by atomic mass is 9.87. The molecule has 8 aromatic rings. The van der Waals surface area contributed by atoms with E-state index in [0.29, 0.717) is 11.1 Å². The molecule has 0 saturated carbocycles. The van der Waals surface area contributed by atoms with Gasteiger partial charge >= 0.3 is 6.18 Å². The van der Waals surface area contributed by atoms with E-state index < -0.39 is 11.7 Å². The third kappa shape index (κ3) is 9.23. The van der Waals surface area contributed by atoms with E-state index in [9.17, 15) is 13.2 Å². The Morgan fingerprint density at radius 1 is 0.274 bits per heavy atom. The maximum absolute atomic E-state index is 14.3. The van der Waals surface area contributed by atoms with E-state index in [1.165, 1.54) is 23.3 Å². The fourth-order valence-electron chi connectivity index (χ4n) is 7.88. The summed E-state index contributed by atoms with van der Waals surface area (Å²) in [7, 11) is 0. The molecule has 8 rings (SSSR count). The first-order chi connectivity index (χ1) is 29.6. The fraction of sp³-hybridized carbons (Fsp3) is 0.158. The third-order valence-electron chi connectivity index (χ3n) is 11.4. The Morgan fingerprint density at radius 3 is 0.968 bits per heavy atom. The molecule has 0 aliphatic carbocycles. The maximum Gasteiger partial charge on any atom is 0.416 e. The van der Waals surface area contributed by atoms with Gasteiger partial charge in [0.15, 0.2) is 0 Å². The van der Waals surface area contributed by atoms with E-state index in [-0.39, 0.29) is 10.8 Å². The molecular formula is C57H51F3N2. The second-order valence-corrected chi connectivity index (χ2v) is 17.9. The van der Waals surface area contributed by atoms with Gasteiger partial charge in [0, 0.05) is 34.1 Å². The fourth-order valence-corrected chi connectivity index (χ4v) is 7.88. The first-order valence-electron chi connectivity index (χ1n) is 21.1. The van der Waals surface area contributed by atoms with Crippen LogP contribution in [0, 0.1) is 0 Å². The Kier molecular flexibility index (Phi) is 11.4. The maximum atomic E-state index is 14.3. The van der Waals surface area contributed by atoms with Gasteiger partial charge < -0.3 is 9.80 Å². The SMILES string of the molecule is CC(C)(C)c1ccc(N(c2ccc(-c3ccccc3)cc2)c2cc(-c3cccc(C(F)(F)F)c3)cc(N(c3ccc(-c4ccccc4)cc3)c3ccc(C(C)(C)C)cc3)c2)cc1. The van der Waals surface area contributed by atoms with Gasteiger partial charge in [-0.2, -0.15) is 13.2 Å². The second kappa shape index (κ2) is 16.9. The van der Waals surface area contributed by atoms with Crippen molar-refractivity contribution in [3.05, 3.63) is 217 Å². The zero-order valence-corrected chi connectivity index (χ0v) is 36.1. The van der Waals surface area contributed by atoms with E-state index in [0.717, 1.165) is 62.4 Å². The number of hydrogen-bond donors (Lipinski definition) is 0.